The number of rotatable bonds is 6. The highest BCUT2D eigenvalue weighted by atomic mass is 32.2. The number of fused-ring (bicyclic) bond motifs is 1. The van der Waals surface area contributed by atoms with Gasteiger partial charge in [0.2, 0.25) is 15.9 Å². The summed E-state index contributed by atoms with van der Waals surface area (Å²) in [6.45, 7) is 0.893. The molecule has 126 valence electrons. The van der Waals surface area contributed by atoms with Crippen molar-refractivity contribution < 1.29 is 13.2 Å². The van der Waals surface area contributed by atoms with Gasteiger partial charge in [-0.05, 0) is 35.7 Å². The first kappa shape index (κ1) is 16.5. The lowest BCUT2D eigenvalue weighted by atomic mass is 10.2. The van der Waals surface area contributed by atoms with Gasteiger partial charge in [0, 0.05) is 18.8 Å². The zero-order valence-electron chi connectivity index (χ0n) is 13.1. The third kappa shape index (κ3) is 3.93. The molecule has 0 unspecified atom stereocenters. The highest BCUT2D eigenvalue weighted by molar-refractivity contribution is 7.89. The van der Waals surface area contributed by atoms with E-state index in [1.165, 1.54) is 0 Å². The lowest BCUT2D eigenvalue weighted by molar-refractivity contribution is -0.120. The first-order valence-electron chi connectivity index (χ1n) is 7.72. The predicted molar refractivity (Wildman–Crippen MR) is 92.1 cm³/mol. The normalized spacial score (nSPS) is 13.2. The van der Waals surface area contributed by atoms with Crippen molar-refractivity contribution in [3.05, 3.63) is 59.7 Å². The molecular formula is C17H19N3O3S. The number of hydrogen-bond donors (Lipinski definition) is 3. The Kier molecular flexibility index (Phi) is 4.82. The third-order valence-electron chi connectivity index (χ3n) is 3.85. The number of benzene rings is 2. The number of hydrogen-bond acceptors (Lipinski definition) is 4. The molecule has 0 radical (unpaired) electrons. The van der Waals surface area contributed by atoms with Crippen LogP contribution in [0.25, 0.3) is 0 Å². The average molecular weight is 345 g/mol. The minimum absolute atomic E-state index is 0.181. The minimum Gasteiger partial charge on any atom is -0.384 e. The molecule has 0 saturated heterocycles. The van der Waals surface area contributed by atoms with Gasteiger partial charge in [0.25, 0.3) is 0 Å². The summed E-state index contributed by atoms with van der Waals surface area (Å²) >= 11 is 0. The quantitative estimate of drug-likeness (QED) is 0.735. The Morgan fingerprint density at radius 2 is 1.92 bits per heavy atom. The van der Waals surface area contributed by atoms with E-state index in [9.17, 15) is 13.2 Å². The Balaban J connectivity index is 1.56. The maximum Gasteiger partial charge on any atom is 0.241 e. The molecule has 0 saturated carbocycles. The molecule has 0 bridgehead atoms. The van der Waals surface area contributed by atoms with Crippen molar-refractivity contribution in [1.82, 2.24) is 10.0 Å². The molecule has 3 rings (SSSR count). The van der Waals surface area contributed by atoms with Gasteiger partial charge in [0.15, 0.2) is 0 Å². The monoisotopic (exact) mass is 345 g/mol. The SMILES string of the molecule is O=C(CNS(=O)(=O)c1ccc2c(c1)CCN2)NCc1ccccc1. The fraction of sp³-hybridized carbons (Fsp3) is 0.235. The Bertz CT molecular complexity index is 835. The molecule has 1 heterocycles. The van der Waals surface area contributed by atoms with Gasteiger partial charge in [-0.1, -0.05) is 30.3 Å². The summed E-state index contributed by atoms with van der Waals surface area (Å²) in [6, 6.07) is 14.4. The number of carbonyl (C=O) groups excluding carboxylic acids is 1. The second kappa shape index (κ2) is 7.02. The van der Waals surface area contributed by atoms with Gasteiger partial charge in [-0.15, -0.1) is 0 Å². The van der Waals surface area contributed by atoms with Crippen LogP contribution in [0.15, 0.2) is 53.4 Å². The summed E-state index contributed by atoms with van der Waals surface area (Å²) < 4.78 is 26.9. The number of carbonyl (C=O) groups is 1. The fourth-order valence-corrected chi connectivity index (χ4v) is 3.58. The standard InChI is InChI=1S/C17H19N3O3S/c21-17(19-11-13-4-2-1-3-5-13)12-20-24(22,23)15-6-7-16-14(10-15)8-9-18-16/h1-7,10,18,20H,8-9,11-12H2,(H,19,21). The van der Waals surface area contributed by atoms with E-state index in [2.05, 4.69) is 15.4 Å². The maximum absolute atomic E-state index is 12.3. The zero-order valence-corrected chi connectivity index (χ0v) is 13.9. The van der Waals surface area contributed by atoms with Crippen LogP contribution in [-0.2, 0) is 27.8 Å². The van der Waals surface area contributed by atoms with Gasteiger partial charge in [-0.25, -0.2) is 13.1 Å². The average Bonchev–Trinajstić information content (AvgIpc) is 3.07. The molecule has 0 atom stereocenters. The van der Waals surface area contributed by atoms with Crippen molar-refractivity contribution >= 4 is 21.6 Å². The van der Waals surface area contributed by atoms with Crippen LogP contribution in [-0.4, -0.2) is 27.4 Å². The molecule has 24 heavy (non-hydrogen) atoms. The first-order valence-corrected chi connectivity index (χ1v) is 9.20. The van der Waals surface area contributed by atoms with Crippen molar-refractivity contribution in [2.75, 3.05) is 18.4 Å². The largest absolute Gasteiger partial charge is 0.384 e. The summed E-state index contributed by atoms with van der Waals surface area (Å²) in [5.41, 5.74) is 2.90. The minimum atomic E-state index is -3.70. The summed E-state index contributed by atoms with van der Waals surface area (Å²) in [6.07, 6.45) is 0.802. The van der Waals surface area contributed by atoms with E-state index in [-0.39, 0.29) is 17.3 Å². The molecule has 1 amide bonds. The molecule has 1 aliphatic rings. The van der Waals surface area contributed by atoms with Gasteiger partial charge in [0.1, 0.15) is 0 Å². The van der Waals surface area contributed by atoms with Crippen molar-refractivity contribution in [1.29, 1.82) is 0 Å². The van der Waals surface area contributed by atoms with Crippen LogP contribution in [0.5, 0.6) is 0 Å². The lowest BCUT2D eigenvalue weighted by Crippen LogP contribution is -2.36. The Hall–Kier alpha value is -2.38. The highest BCUT2D eigenvalue weighted by Gasteiger charge is 2.19. The molecule has 6 nitrogen and oxygen atoms in total. The second-order valence-corrected chi connectivity index (χ2v) is 7.35. The number of nitrogens with one attached hydrogen (secondary N) is 3. The first-order chi connectivity index (χ1) is 11.5. The predicted octanol–water partition coefficient (Wildman–Crippen LogP) is 1.25. The molecule has 0 aromatic heterocycles. The third-order valence-corrected chi connectivity index (χ3v) is 5.25. The second-order valence-electron chi connectivity index (χ2n) is 5.58. The van der Waals surface area contributed by atoms with Crippen LogP contribution in [0.3, 0.4) is 0 Å². The van der Waals surface area contributed by atoms with Crippen molar-refractivity contribution in [3.8, 4) is 0 Å². The fourth-order valence-electron chi connectivity index (χ4n) is 2.55. The van der Waals surface area contributed by atoms with E-state index in [0.29, 0.717) is 6.54 Å². The zero-order chi connectivity index (χ0) is 17.0. The van der Waals surface area contributed by atoms with Gasteiger partial charge >= 0.3 is 0 Å². The Morgan fingerprint density at radius 1 is 1.12 bits per heavy atom. The molecule has 0 spiro atoms. The summed E-state index contributed by atoms with van der Waals surface area (Å²) in [4.78, 5) is 12.0. The maximum atomic E-state index is 12.3. The van der Waals surface area contributed by atoms with Crippen LogP contribution in [0, 0.1) is 0 Å². The van der Waals surface area contributed by atoms with E-state index < -0.39 is 10.0 Å². The highest BCUT2D eigenvalue weighted by Crippen LogP contribution is 2.24. The summed E-state index contributed by atoms with van der Waals surface area (Å²) in [5, 5.41) is 5.87. The molecular weight excluding hydrogens is 326 g/mol. The Labute approximate surface area is 141 Å². The van der Waals surface area contributed by atoms with Crippen LogP contribution >= 0.6 is 0 Å². The topological polar surface area (TPSA) is 87.3 Å². The molecule has 2 aromatic rings. The van der Waals surface area contributed by atoms with Gasteiger partial charge in [-0.3, -0.25) is 4.79 Å². The van der Waals surface area contributed by atoms with E-state index in [4.69, 9.17) is 0 Å². The number of anilines is 1. The van der Waals surface area contributed by atoms with Crippen LogP contribution in [0.2, 0.25) is 0 Å². The number of sulfonamides is 1. The van der Waals surface area contributed by atoms with Crippen LogP contribution < -0.4 is 15.4 Å². The molecule has 3 N–H and O–H groups in total. The van der Waals surface area contributed by atoms with Gasteiger partial charge in [-0.2, -0.15) is 0 Å². The van der Waals surface area contributed by atoms with E-state index in [1.807, 2.05) is 30.3 Å². The van der Waals surface area contributed by atoms with Crippen molar-refractivity contribution in [2.45, 2.75) is 17.9 Å². The molecule has 1 aliphatic heterocycles. The van der Waals surface area contributed by atoms with Crippen LogP contribution in [0.1, 0.15) is 11.1 Å². The smallest absolute Gasteiger partial charge is 0.241 e. The molecule has 0 aliphatic carbocycles. The molecule has 0 fully saturated rings. The molecule has 7 heteroatoms. The lowest BCUT2D eigenvalue weighted by Gasteiger charge is -2.09. The van der Waals surface area contributed by atoms with E-state index in [0.717, 1.165) is 29.8 Å². The van der Waals surface area contributed by atoms with Crippen molar-refractivity contribution in [2.24, 2.45) is 0 Å². The van der Waals surface area contributed by atoms with E-state index >= 15 is 0 Å². The van der Waals surface area contributed by atoms with Gasteiger partial charge < -0.3 is 10.6 Å². The number of amides is 1. The Morgan fingerprint density at radius 3 is 2.71 bits per heavy atom. The van der Waals surface area contributed by atoms with Gasteiger partial charge in [0.05, 0.1) is 11.4 Å². The van der Waals surface area contributed by atoms with Crippen LogP contribution in [0.4, 0.5) is 5.69 Å². The van der Waals surface area contributed by atoms with Crippen molar-refractivity contribution in [3.63, 3.8) is 0 Å². The summed E-state index contributed by atoms with van der Waals surface area (Å²) in [5.74, 6) is -0.370. The summed E-state index contributed by atoms with van der Waals surface area (Å²) in [7, 11) is -3.70. The molecule has 2 aromatic carbocycles. The van der Waals surface area contributed by atoms with E-state index in [1.54, 1.807) is 18.2 Å².